The summed E-state index contributed by atoms with van der Waals surface area (Å²) in [5, 5.41) is 11.5. The molecular formula is C14H20N4O2. The Hall–Kier alpha value is -2.08. The maximum atomic E-state index is 12.3. The van der Waals surface area contributed by atoms with E-state index in [0.717, 1.165) is 24.2 Å². The maximum Gasteiger partial charge on any atom is 0.253 e. The molecule has 0 saturated carbocycles. The Balaban J connectivity index is 1.90. The summed E-state index contributed by atoms with van der Waals surface area (Å²) >= 11 is 0. The van der Waals surface area contributed by atoms with Gasteiger partial charge >= 0.3 is 0 Å². The van der Waals surface area contributed by atoms with Gasteiger partial charge in [0.2, 0.25) is 0 Å². The fourth-order valence-corrected chi connectivity index (χ4v) is 2.25. The number of amidine groups is 1. The quantitative estimate of drug-likeness (QED) is 0.364. The summed E-state index contributed by atoms with van der Waals surface area (Å²) in [4.78, 5) is 16.2. The first-order valence-electron chi connectivity index (χ1n) is 6.65. The van der Waals surface area contributed by atoms with Crippen molar-refractivity contribution in [1.29, 1.82) is 0 Å². The third-order valence-corrected chi connectivity index (χ3v) is 3.47. The highest BCUT2D eigenvalue weighted by Gasteiger charge is 2.22. The van der Waals surface area contributed by atoms with Crippen LogP contribution in [0.5, 0.6) is 0 Å². The number of carbonyl (C=O) groups excluding carboxylic acids is 1. The second-order valence-corrected chi connectivity index (χ2v) is 5.03. The molecule has 0 unspecified atom stereocenters. The number of nitrogens with zero attached hydrogens (tertiary/aromatic N) is 3. The van der Waals surface area contributed by atoms with E-state index >= 15 is 0 Å². The Labute approximate surface area is 118 Å². The maximum absolute atomic E-state index is 12.3. The summed E-state index contributed by atoms with van der Waals surface area (Å²) in [6, 6.07) is 7.62. The molecule has 0 aliphatic carbocycles. The number of carbonyl (C=O) groups is 1. The lowest BCUT2D eigenvalue weighted by Gasteiger charge is -2.34. The molecule has 1 amide bonds. The third-order valence-electron chi connectivity index (χ3n) is 3.47. The molecule has 1 aromatic rings. The van der Waals surface area contributed by atoms with Gasteiger partial charge in [0.1, 0.15) is 0 Å². The highest BCUT2D eigenvalue weighted by molar-refractivity contribution is 5.94. The minimum atomic E-state index is 0.0634. The molecule has 0 atom stereocenters. The van der Waals surface area contributed by atoms with Gasteiger partial charge in [-0.2, -0.15) is 0 Å². The van der Waals surface area contributed by atoms with E-state index in [2.05, 4.69) is 10.1 Å². The van der Waals surface area contributed by atoms with Gasteiger partial charge < -0.3 is 15.8 Å². The lowest BCUT2D eigenvalue weighted by molar-refractivity contribution is 0.0653. The van der Waals surface area contributed by atoms with Crippen LogP contribution in [0, 0.1) is 6.92 Å². The normalized spacial score (nSPS) is 17.2. The van der Waals surface area contributed by atoms with E-state index in [1.165, 1.54) is 0 Å². The average molecular weight is 276 g/mol. The Morgan fingerprint density at radius 3 is 2.40 bits per heavy atom. The van der Waals surface area contributed by atoms with Crippen molar-refractivity contribution in [3.8, 4) is 0 Å². The van der Waals surface area contributed by atoms with Crippen molar-refractivity contribution in [2.24, 2.45) is 10.9 Å². The van der Waals surface area contributed by atoms with Gasteiger partial charge in [0.25, 0.3) is 5.91 Å². The number of rotatable bonds is 3. The van der Waals surface area contributed by atoms with Crippen molar-refractivity contribution < 1.29 is 10.0 Å². The molecule has 0 spiro atoms. The number of hydrogen-bond acceptors (Lipinski definition) is 4. The van der Waals surface area contributed by atoms with Crippen molar-refractivity contribution in [2.45, 2.75) is 6.92 Å². The SMILES string of the molecule is Cc1ccc(C(=O)N2CCN(CC(N)=NO)CC2)cc1. The number of piperazine rings is 1. The smallest absolute Gasteiger partial charge is 0.253 e. The standard InChI is InChI=1S/C14H20N4O2/c1-11-2-4-12(5-3-11)14(19)18-8-6-17(7-9-18)10-13(15)16-20/h2-5,20H,6-10H2,1H3,(H2,15,16). The number of amides is 1. The van der Waals surface area contributed by atoms with Crippen LogP contribution < -0.4 is 5.73 Å². The first-order chi connectivity index (χ1) is 9.60. The van der Waals surface area contributed by atoms with E-state index in [1.54, 1.807) is 0 Å². The molecule has 1 heterocycles. The fraction of sp³-hybridized carbons (Fsp3) is 0.429. The number of nitrogens with two attached hydrogens (primary N) is 1. The van der Waals surface area contributed by atoms with Gasteiger partial charge in [-0.1, -0.05) is 22.9 Å². The van der Waals surface area contributed by atoms with Crippen molar-refractivity contribution in [1.82, 2.24) is 9.80 Å². The van der Waals surface area contributed by atoms with Crippen molar-refractivity contribution in [3.05, 3.63) is 35.4 Å². The predicted molar refractivity (Wildman–Crippen MR) is 76.9 cm³/mol. The van der Waals surface area contributed by atoms with Crippen molar-refractivity contribution in [3.63, 3.8) is 0 Å². The highest BCUT2D eigenvalue weighted by atomic mass is 16.4. The molecule has 2 rings (SSSR count). The van der Waals surface area contributed by atoms with Gasteiger partial charge in [-0.3, -0.25) is 9.69 Å². The summed E-state index contributed by atoms with van der Waals surface area (Å²) in [7, 11) is 0. The molecule has 6 heteroatoms. The van der Waals surface area contributed by atoms with Gasteiger partial charge in [-0.25, -0.2) is 0 Å². The highest BCUT2D eigenvalue weighted by Crippen LogP contribution is 2.10. The van der Waals surface area contributed by atoms with Gasteiger partial charge in [0.15, 0.2) is 5.84 Å². The molecule has 20 heavy (non-hydrogen) atoms. The minimum Gasteiger partial charge on any atom is -0.409 e. The van der Waals surface area contributed by atoms with Crippen LogP contribution in [-0.4, -0.2) is 59.5 Å². The number of aryl methyl sites for hydroxylation is 1. The van der Waals surface area contributed by atoms with E-state index in [1.807, 2.05) is 36.1 Å². The van der Waals surface area contributed by atoms with Gasteiger partial charge in [0, 0.05) is 31.7 Å². The summed E-state index contributed by atoms with van der Waals surface area (Å²) in [6.45, 7) is 5.21. The minimum absolute atomic E-state index is 0.0634. The zero-order valence-electron chi connectivity index (χ0n) is 11.6. The summed E-state index contributed by atoms with van der Waals surface area (Å²) in [5.41, 5.74) is 7.35. The lowest BCUT2D eigenvalue weighted by atomic mass is 10.1. The van der Waals surface area contributed by atoms with Crippen molar-refractivity contribution >= 4 is 11.7 Å². The largest absolute Gasteiger partial charge is 0.409 e. The molecule has 6 nitrogen and oxygen atoms in total. The van der Waals surface area contributed by atoms with Crippen LogP contribution in [0.25, 0.3) is 0 Å². The van der Waals surface area contributed by atoms with Crippen molar-refractivity contribution in [2.75, 3.05) is 32.7 Å². The van der Waals surface area contributed by atoms with Crippen LogP contribution in [-0.2, 0) is 0 Å². The Bertz CT molecular complexity index is 490. The summed E-state index contributed by atoms with van der Waals surface area (Å²) in [6.07, 6.45) is 0. The molecule has 1 saturated heterocycles. The average Bonchev–Trinajstić information content (AvgIpc) is 2.48. The van der Waals surface area contributed by atoms with Crippen LogP contribution in [0.3, 0.4) is 0 Å². The molecule has 0 aromatic heterocycles. The Morgan fingerprint density at radius 1 is 1.25 bits per heavy atom. The first kappa shape index (κ1) is 14.3. The monoisotopic (exact) mass is 276 g/mol. The zero-order chi connectivity index (χ0) is 14.5. The van der Waals surface area contributed by atoms with Crippen LogP contribution in [0.15, 0.2) is 29.4 Å². The van der Waals surface area contributed by atoms with E-state index < -0.39 is 0 Å². The van der Waals surface area contributed by atoms with E-state index in [0.29, 0.717) is 19.6 Å². The zero-order valence-corrected chi connectivity index (χ0v) is 11.6. The molecule has 1 fully saturated rings. The van der Waals surface area contributed by atoms with Crippen LogP contribution in [0.1, 0.15) is 15.9 Å². The predicted octanol–water partition coefficient (Wildman–Crippen LogP) is 0.499. The topological polar surface area (TPSA) is 82.2 Å². The van der Waals surface area contributed by atoms with E-state index in [4.69, 9.17) is 10.9 Å². The molecule has 1 aliphatic rings. The molecule has 0 radical (unpaired) electrons. The number of oxime groups is 1. The number of hydrogen-bond donors (Lipinski definition) is 2. The summed E-state index contributed by atoms with van der Waals surface area (Å²) < 4.78 is 0. The van der Waals surface area contributed by atoms with Gasteiger partial charge in [-0.15, -0.1) is 0 Å². The first-order valence-corrected chi connectivity index (χ1v) is 6.65. The molecular weight excluding hydrogens is 256 g/mol. The van der Waals surface area contributed by atoms with Gasteiger partial charge in [0.05, 0.1) is 6.54 Å². The Morgan fingerprint density at radius 2 is 1.85 bits per heavy atom. The van der Waals surface area contributed by atoms with Crippen LogP contribution in [0.2, 0.25) is 0 Å². The second-order valence-electron chi connectivity index (χ2n) is 5.03. The third kappa shape index (κ3) is 3.48. The molecule has 0 bridgehead atoms. The number of benzene rings is 1. The van der Waals surface area contributed by atoms with E-state index in [9.17, 15) is 4.79 Å². The van der Waals surface area contributed by atoms with Crippen LogP contribution >= 0.6 is 0 Å². The Kier molecular flexibility index (Phi) is 4.57. The fourth-order valence-electron chi connectivity index (χ4n) is 2.25. The molecule has 3 N–H and O–H groups in total. The van der Waals surface area contributed by atoms with E-state index in [-0.39, 0.29) is 11.7 Å². The summed E-state index contributed by atoms with van der Waals surface area (Å²) in [5.74, 6) is 0.261. The molecule has 1 aliphatic heterocycles. The van der Waals surface area contributed by atoms with Gasteiger partial charge in [-0.05, 0) is 19.1 Å². The second kappa shape index (κ2) is 6.38. The molecule has 108 valence electrons. The van der Waals surface area contributed by atoms with Crippen LogP contribution in [0.4, 0.5) is 0 Å². The molecule has 1 aromatic carbocycles. The lowest BCUT2D eigenvalue weighted by Crippen LogP contribution is -2.50.